The van der Waals surface area contributed by atoms with Gasteiger partial charge in [0, 0.05) is 24.7 Å². The number of carbonyl (C=O) groups excluding carboxylic acids is 1. The van der Waals surface area contributed by atoms with Crippen LogP contribution in [0.1, 0.15) is 42.1 Å². The first kappa shape index (κ1) is 18.4. The Kier molecular flexibility index (Phi) is 4.97. The van der Waals surface area contributed by atoms with Crippen LogP contribution in [0.15, 0.2) is 36.7 Å². The fourth-order valence-electron chi connectivity index (χ4n) is 3.56. The number of halogens is 3. The maximum Gasteiger partial charge on any atom is 0.280 e. The van der Waals surface area contributed by atoms with Crippen LogP contribution in [-0.4, -0.2) is 43.5 Å². The molecular formula is C19H18F3N5O. The van der Waals surface area contributed by atoms with Gasteiger partial charge >= 0.3 is 0 Å². The van der Waals surface area contributed by atoms with Gasteiger partial charge in [0.15, 0.2) is 0 Å². The van der Waals surface area contributed by atoms with Crippen molar-refractivity contribution >= 4 is 11.7 Å². The van der Waals surface area contributed by atoms with Gasteiger partial charge in [-0.1, -0.05) is 18.2 Å². The van der Waals surface area contributed by atoms with Crippen molar-refractivity contribution < 1.29 is 18.0 Å². The first-order valence-corrected chi connectivity index (χ1v) is 9.03. The van der Waals surface area contributed by atoms with E-state index in [0.717, 1.165) is 4.52 Å². The van der Waals surface area contributed by atoms with Crippen LogP contribution in [0.2, 0.25) is 0 Å². The molecular weight excluding hydrogens is 371 g/mol. The highest BCUT2D eigenvalue weighted by molar-refractivity contribution is 5.79. The molecule has 0 atom stereocenters. The van der Waals surface area contributed by atoms with E-state index in [9.17, 15) is 18.0 Å². The largest absolute Gasteiger partial charge is 0.342 e. The Morgan fingerprint density at radius 1 is 1.21 bits per heavy atom. The summed E-state index contributed by atoms with van der Waals surface area (Å²) in [6, 6.07) is 7.59. The summed E-state index contributed by atoms with van der Waals surface area (Å²) in [5.41, 5.74) is 0.669. The molecule has 9 heteroatoms. The van der Waals surface area contributed by atoms with Gasteiger partial charge in [-0.3, -0.25) is 4.79 Å². The first-order chi connectivity index (χ1) is 13.5. The third-order valence-electron chi connectivity index (χ3n) is 5.09. The number of amides is 1. The van der Waals surface area contributed by atoms with Crippen molar-refractivity contribution in [1.82, 2.24) is 24.5 Å². The molecule has 0 bridgehead atoms. The second-order valence-corrected chi connectivity index (χ2v) is 6.80. The van der Waals surface area contributed by atoms with E-state index in [4.69, 9.17) is 0 Å². The number of nitrogens with zero attached hydrogens (tertiary/aromatic N) is 5. The number of carbonyl (C=O) groups is 1. The average Bonchev–Trinajstić information content (AvgIpc) is 3.17. The third kappa shape index (κ3) is 3.56. The van der Waals surface area contributed by atoms with Crippen molar-refractivity contribution in [3.05, 3.63) is 59.4 Å². The molecule has 1 aliphatic heterocycles. The predicted octanol–water partition coefficient (Wildman–Crippen LogP) is 3.15. The van der Waals surface area contributed by atoms with E-state index in [1.807, 2.05) is 0 Å². The van der Waals surface area contributed by atoms with Gasteiger partial charge in [0.1, 0.15) is 17.8 Å². The van der Waals surface area contributed by atoms with Crippen molar-refractivity contribution in [3.63, 3.8) is 0 Å². The van der Waals surface area contributed by atoms with Gasteiger partial charge in [0.2, 0.25) is 5.91 Å². The van der Waals surface area contributed by atoms with E-state index in [1.54, 1.807) is 23.1 Å². The molecule has 0 aliphatic carbocycles. The fraction of sp³-hybridized carbons (Fsp3) is 0.368. The van der Waals surface area contributed by atoms with Crippen LogP contribution < -0.4 is 0 Å². The Morgan fingerprint density at radius 2 is 1.96 bits per heavy atom. The smallest absolute Gasteiger partial charge is 0.280 e. The van der Waals surface area contributed by atoms with Gasteiger partial charge in [-0.25, -0.2) is 18.2 Å². The number of rotatable bonds is 4. The molecule has 1 fully saturated rings. The standard InChI is InChI=1S/C19H18F3N5O/c20-14-4-2-1-3-13(14)9-17(28)26-7-5-12(6-8-26)15-10-16(18(21)22)27-19(25-15)23-11-24-27/h1-4,10-12,18H,5-9H2. The van der Waals surface area contributed by atoms with Crippen molar-refractivity contribution in [2.45, 2.75) is 31.6 Å². The molecule has 0 unspecified atom stereocenters. The number of alkyl halides is 2. The van der Waals surface area contributed by atoms with Crippen molar-refractivity contribution in [2.24, 2.45) is 0 Å². The van der Waals surface area contributed by atoms with Gasteiger partial charge in [-0.05, 0) is 30.5 Å². The normalized spacial score (nSPS) is 15.5. The minimum absolute atomic E-state index is 0.0107. The van der Waals surface area contributed by atoms with Crippen LogP contribution in [0.5, 0.6) is 0 Å². The van der Waals surface area contributed by atoms with E-state index < -0.39 is 12.2 Å². The average molecular weight is 389 g/mol. The van der Waals surface area contributed by atoms with E-state index in [0.29, 0.717) is 37.2 Å². The lowest BCUT2D eigenvalue weighted by Crippen LogP contribution is -2.39. The predicted molar refractivity (Wildman–Crippen MR) is 94.4 cm³/mol. The zero-order valence-corrected chi connectivity index (χ0v) is 14.9. The Bertz CT molecular complexity index is 998. The number of hydrogen-bond acceptors (Lipinski definition) is 4. The molecule has 1 aliphatic rings. The van der Waals surface area contributed by atoms with Crippen LogP contribution in [0.4, 0.5) is 13.2 Å². The Morgan fingerprint density at radius 3 is 2.68 bits per heavy atom. The summed E-state index contributed by atoms with van der Waals surface area (Å²) in [6.07, 6.45) is -0.279. The van der Waals surface area contributed by atoms with E-state index in [1.165, 1.54) is 18.5 Å². The van der Waals surface area contributed by atoms with Crippen LogP contribution in [0, 0.1) is 5.82 Å². The lowest BCUT2D eigenvalue weighted by Gasteiger charge is -2.32. The first-order valence-electron chi connectivity index (χ1n) is 9.03. The van der Waals surface area contributed by atoms with Gasteiger partial charge < -0.3 is 4.90 Å². The number of piperidine rings is 1. The van der Waals surface area contributed by atoms with Crippen molar-refractivity contribution in [1.29, 1.82) is 0 Å². The summed E-state index contributed by atoms with van der Waals surface area (Å²) in [5.74, 6) is -0.434. The molecule has 0 N–H and O–H groups in total. The molecule has 0 radical (unpaired) electrons. The van der Waals surface area contributed by atoms with Gasteiger partial charge in [0.25, 0.3) is 12.2 Å². The summed E-state index contributed by atoms with van der Waals surface area (Å²) >= 11 is 0. The van der Waals surface area contributed by atoms with E-state index >= 15 is 0 Å². The molecule has 1 saturated heterocycles. The third-order valence-corrected chi connectivity index (χ3v) is 5.09. The molecule has 1 amide bonds. The summed E-state index contributed by atoms with van der Waals surface area (Å²) in [5, 5.41) is 3.79. The molecule has 0 spiro atoms. The highest BCUT2D eigenvalue weighted by atomic mass is 19.3. The molecule has 0 saturated carbocycles. The number of aromatic nitrogens is 4. The quantitative estimate of drug-likeness (QED) is 0.688. The fourth-order valence-corrected chi connectivity index (χ4v) is 3.56. The van der Waals surface area contributed by atoms with E-state index in [-0.39, 0.29) is 29.7 Å². The Labute approximate surface area is 159 Å². The monoisotopic (exact) mass is 389 g/mol. The minimum Gasteiger partial charge on any atom is -0.342 e. The van der Waals surface area contributed by atoms with Gasteiger partial charge in [-0.2, -0.15) is 14.6 Å². The maximum absolute atomic E-state index is 13.8. The molecule has 1 aromatic carbocycles. The summed E-state index contributed by atoms with van der Waals surface area (Å²) in [7, 11) is 0. The minimum atomic E-state index is -2.69. The summed E-state index contributed by atoms with van der Waals surface area (Å²) < 4.78 is 41.5. The molecule has 3 aromatic rings. The molecule has 28 heavy (non-hydrogen) atoms. The number of hydrogen-bond donors (Lipinski definition) is 0. The SMILES string of the molecule is O=C(Cc1ccccc1F)N1CCC(c2cc(C(F)F)n3ncnc3n2)CC1. The number of benzene rings is 1. The molecule has 3 heterocycles. The van der Waals surface area contributed by atoms with E-state index in [2.05, 4.69) is 15.1 Å². The Balaban J connectivity index is 1.45. The van der Waals surface area contributed by atoms with Gasteiger partial charge in [0.05, 0.1) is 6.42 Å². The van der Waals surface area contributed by atoms with Gasteiger partial charge in [-0.15, -0.1) is 0 Å². The second-order valence-electron chi connectivity index (χ2n) is 6.80. The number of likely N-dealkylation sites (tertiary alicyclic amines) is 1. The molecule has 146 valence electrons. The molecule has 2 aromatic heterocycles. The second kappa shape index (κ2) is 7.57. The van der Waals surface area contributed by atoms with Crippen molar-refractivity contribution in [3.8, 4) is 0 Å². The molecule has 4 rings (SSSR count). The topological polar surface area (TPSA) is 63.4 Å². The molecule has 6 nitrogen and oxygen atoms in total. The lowest BCUT2D eigenvalue weighted by molar-refractivity contribution is -0.131. The zero-order chi connectivity index (χ0) is 19.7. The number of fused-ring (bicyclic) bond motifs is 1. The highest BCUT2D eigenvalue weighted by Crippen LogP contribution is 2.30. The van der Waals surface area contributed by atoms with Crippen LogP contribution in [0.3, 0.4) is 0 Å². The maximum atomic E-state index is 13.8. The van der Waals surface area contributed by atoms with Crippen LogP contribution in [0.25, 0.3) is 5.78 Å². The Hall–Kier alpha value is -2.97. The lowest BCUT2D eigenvalue weighted by atomic mass is 9.92. The summed E-state index contributed by atoms with van der Waals surface area (Å²) in [4.78, 5) is 22.4. The summed E-state index contributed by atoms with van der Waals surface area (Å²) in [6.45, 7) is 0.947. The zero-order valence-electron chi connectivity index (χ0n) is 14.9. The van der Waals surface area contributed by atoms with Crippen molar-refractivity contribution in [2.75, 3.05) is 13.1 Å². The van der Waals surface area contributed by atoms with Crippen LogP contribution in [-0.2, 0) is 11.2 Å². The van der Waals surface area contributed by atoms with Crippen LogP contribution >= 0.6 is 0 Å². The highest BCUT2D eigenvalue weighted by Gasteiger charge is 2.27.